The Bertz CT molecular complexity index is 965. The molecular formula is C23H25N3O2. The Balaban J connectivity index is 1.61. The molecular weight excluding hydrogens is 350 g/mol. The summed E-state index contributed by atoms with van der Waals surface area (Å²) in [6.45, 7) is 3.46. The van der Waals surface area contributed by atoms with E-state index in [2.05, 4.69) is 40.3 Å². The number of benzene rings is 2. The van der Waals surface area contributed by atoms with E-state index in [9.17, 15) is 4.79 Å². The highest BCUT2D eigenvalue weighted by molar-refractivity contribution is 5.91. The van der Waals surface area contributed by atoms with E-state index in [4.69, 9.17) is 4.74 Å². The summed E-state index contributed by atoms with van der Waals surface area (Å²) in [5.41, 5.74) is 4.16. The van der Waals surface area contributed by atoms with E-state index in [1.54, 1.807) is 7.11 Å². The van der Waals surface area contributed by atoms with Crippen molar-refractivity contribution in [3.63, 3.8) is 0 Å². The second-order valence-electron chi connectivity index (χ2n) is 7.16. The summed E-state index contributed by atoms with van der Waals surface area (Å²) >= 11 is 0. The Kier molecular flexibility index (Phi) is 5.06. The van der Waals surface area contributed by atoms with E-state index >= 15 is 0 Å². The van der Waals surface area contributed by atoms with Crippen molar-refractivity contribution >= 4 is 11.7 Å². The number of methoxy groups -OCH3 is 1. The normalized spacial score (nSPS) is 15.8. The van der Waals surface area contributed by atoms with Crippen LogP contribution in [-0.2, 0) is 13.0 Å². The lowest BCUT2D eigenvalue weighted by molar-refractivity contribution is 0.167. The first-order chi connectivity index (χ1) is 13.7. The van der Waals surface area contributed by atoms with Crippen LogP contribution in [-0.4, -0.2) is 29.2 Å². The molecule has 2 amide bonds. The van der Waals surface area contributed by atoms with Crippen LogP contribution in [0.3, 0.4) is 0 Å². The van der Waals surface area contributed by atoms with Gasteiger partial charge in [-0.1, -0.05) is 36.4 Å². The molecule has 4 rings (SSSR count). The van der Waals surface area contributed by atoms with Crippen LogP contribution in [0.1, 0.15) is 22.9 Å². The molecule has 1 aliphatic rings. The van der Waals surface area contributed by atoms with Gasteiger partial charge >= 0.3 is 6.03 Å². The van der Waals surface area contributed by atoms with Gasteiger partial charge in [0.25, 0.3) is 0 Å². The van der Waals surface area contributed by atoms with Gasteiger partial charge in [0.1, 0.15) is 5.75 Å². The number of nitrogens with one attached hydrogen (secondary N) is 1. The molecule has 2 aromatic carbocycles. The second kappa shape index (κ2) is 7.80. The van der Waals surface area contributed by atoms with Gasteiger partial charge in [0.2, 0.25) is 0 Å². The molecule has 0 saturated carbocycles. The largest absolute Gasteiger partial charge is 0.495 e. The van der Waals surface area contributed by atoms with Crippen molar-refractivity contribution in [2.75, 3.05) is 19.0 Å². The number of fused-ring (bicyclic) bond motifs is 1. The van der Waals surface area contributed by atoms with E-state index in [0.29, 0.717) is 18.0 Å². The summed E-state index contributed by atoms with van der Waals surface area (Å²) in [4.78, 5) is 15.2. The van der Waals surface area contributed by atoms with Crippen LogP contribution >= 0.6 is 0 Å². The molecule has 0 aliphatic carbocycles. The number of rotatable bonds is 4. The van der Waals surface area contributed by atoms with E-state index in [1.165, 1.54) is 11.3 Å². The maximum absolute atomic E-state index is 13.2. The topological polar surface area (TPSA) is 46.5 Å². The number of aromatic nitrogens is 1. The summed E-state index contributed by atoms with van der Waals surface area (Å²) in [5, 5.41) is 3.06. The van der Waals surface area contributed by atoms with Gasteiger partial charge in [-0.2, -0.15) is 0 Å². The van der Waals surface area contributed by atoms with Crippen molar-refractivity contribution in [2.45, 2.75) is 25.9 Å². The minimum absolute atomic E-state index is 0.0121. The van der Waals surface area contributed by atoms with Gasteiger partial charge in [-0.25, -0.2) is 4.79 Å². The van der Waals surface area contributed by atoms with E-state index in [-0.39, 0.29) is 12.1 Å². The molecule has 0 saturated heterocycles. The summed E-state index contributed by atoms with van der Waals surface area (Å²) in [6.07, 6.45) is 2.87. The number of hydrogen-bond donors (Lipinski definition) is 1. The molecule has 1 atom stereocenters. The third-order valence-corrected chi connectivity index (χ3v) is 5.29. The molecule has 0 spiro atoms. The fourth-order valence-electron chi connectivity index (χ4n) is 3.87. The van der Waals surface area contributed by atoms with Crippen LogP contribution < -0.4 is 10.1 Å². The molecule has 5 nitrogen and oxygen atoms in total. The molecule has 0 radical (unpaired) electrons. The predicted molar refractivity (Wildman–Crippen MR) is 111 cm³/mol. The molecule has 5 heteroatoms. The summed E-state index contributed by atoms with van der Waals surface area (Å²) in [6, 6.07) is 20.2. The Morgan fingerprint density at radius 2 is 1.93 bits per heavy atom. The minimum atomic E-state index is -0.0997. The highest BCUT2D eigenvalue weighted by atomic mass is 16.5. The van der Waals surface area contributed by atoms with Crippen LogP contribution in [0.15, 0.2) is 66.9 Å². The van der Waals surface area contributed by atoms with Gasteiger partial charge in [0, 0.05) is 25.0 Å². The Labute approximate surface area is 165 Å². The van der Waals surface area contributed by atoms with Crippen LogP contribution in [0.25, 0.3) is 0 Å². The zero-order valence-corrected chi connectivity index (χ0v) is 16.3. The maximum atomic E-state index is 13.2. The van der Waals surface area contributed by atoms with E-state index in [1.807, 2.05) is 48.2 Å². The molecule has 1 N–H and O–H groups in total. The van der Waals surface area contributed by atoms with Crippen LogP contribution in [0.4, 0.5) is 10.5 Å². The average molecular weight is 375 g/mol. The van der Waals surface area contributed by atoms with Crippen molar-refractivity contribution in [3.05, 3.63) is 83.7 Å². The third kappa shape index (κ3) is 3.60. The molecule has 0 bridgehead atoms. The minimum Gasteiger partial charge on any atom is -0.495 e. The first-order valence-corrected chi connectivity index (χ1v) is 9.57. The fourth-order valence-corrected chi connectivity index (χ4v) is 3.87. The SMILES string of the molecule is COc1ccc(C)cc1NC(=O)N1CCn2cccc2[C@@H]1Cc1ccccc1. The van der Waals surface area contributed by atoms with Gasteiger partial charge in [0.15, 0.2) is 0 Å². The number of aryl methyl sites for hydroxylation is 1. The summed E-state index contributed by atoms with van der Waals surface area (Å²) in [5.74, 6) is 0.666. The molecule has 144 valence electrons. The molecule has 3 aromatic rings. The highest BCUT2D eigenvalue weighted by Crippen LogP contribution is 2.31. The Morgan fingerprint density at radius 3 is 2.71 bits per heavy atom. The lowest BCUT2D eigenvalue weighted by Crippen LogP contribution is -2.44. The number of hydrogen-bond acceptors (Lipinski definition) is 2. The number of anilines is 1. The number of amides is 2. The molecule has 1 aromatic heterocycles. The number of carbonyl (C=O) groups is 1. The van der Waals surface area contributed by atoms with Gasteiger partial charge in [-0.15, -0.1) is 0 Å². The van der Waals surface area contributed by atoms with Crippen molar-refractivity contribution < 1.29 is 9.53 Å². The molecule has 0 unspecified atom stereocenters. The number of nitrogens with zero attached hydrogens (tertiary/aromatic N) is 2. The van der Waals surface area contributed by atoms with Crippen molar-refractivity contribution in [1.29, 1.82) is 0 Å². The quantitative estimate of drug-likeness (QED) is 0.722. The molecule has 2 heterocycles. The van der Waals surface area contributed by atoms with Crippen LogP contribution in [0.2, 0.25) is 0 Å². The lowest BCUT2D eigenvalue weighted by atomic mass is 10.0. The lowest BCUT2D eigenvalue weighted by Gasteiger charge is -2.37. The summed E-state index contributed by atoms with van der Waals surface area (Å²) < 4.78 is 7.66. The van der Waals surface area contributed by atoms with Gasteiger partial charge in [-0.05, 0) is 48.7 Å². The Hall–Kier alpha value is -3.21. The van der Waals surface area contributed by atoms with E-state index in [0.717, 1.165) is 18.5 Å². The number of carbonyl (C=O) groups excluding carboxylic acids is 1. The predicted octanol–water partition coefficient (Wildman–Crippen LogP) is 4.64. The van der Waals surface area contributed by atoms with Crippen molar-refractivity contribution in [1.82, 2.24) is 9.47 Å². The fraction of sp³-hybridized carbons (Fsp3) is 0.261. The maximum Gasteiger partial charge on any atom is 0.322 e. The van der Waals surface area contributed by atoms with E-state index < -0.39 is 0 Å². The van der Waals surface area contributed by atoms with Gasteiger partial charge in [0.05, 0.1) is 18.8 Å². The average Bonchev–Trinajstić information content (AvgIpc) is 3.18. The third-order valence-electron chi connectivity index (χ3n) is 5.29. The second-order valence-corrected chi connectivity index (χ2v) is 7.16. The smallest absolute Gasteiger partial charge is 0.322 e. The number of ether oxygens (including phenoxy) is 1. The highest BCUT2D eigenvalue weighted by Gasteiger charge is 2.31. The Morgan fingerprint density at radius 1 is 1.11 bits per heavy atom. The summed E-state index contributed by atoms with van der Waals surface area (Å²) in [7, 11) is 1.62. The zero-order valence-electron chi connectivity index (χ0n) is 16.3. The molecule has 0 fully saturated rings. The first kappa shape index (κ1) is 18.2. The standard InChI is InChI=1S/C23H25N3O2/c1-17-10-11-22(28-2)19(15-17)24-23(27)26-14-13-25-12-6-9-20(25)21(26)16-18-7-4-3-5-8-18/h3-12,15,21H,13-14,16H2,1-2H3,(H,24,27)/t21-/m0/s1. The van der Waals surface area contributed by atoms with Gasteiger partial charge in [-0.3, -0.25) is 0 Å². The monoisotopic (exact) mass is 375 g/mol. The van der Waals surface area contributed by atoms with Crippen LogP contribution in [0.5, 0.6) is 5.75 Å². The van der Waals surface area contributed by atoms with Crippen LogP contribution in [0, 0.1) is 6.92 Å². The first-order valence-electron chi connectivity index (χ1n) is 9.57. The molecule has 28 heavy (non-hydrogen) atoms. The van der Waals surface area contributed by atoms with Crippen molar-refractivity contribution in [2.24, 2.45) is 0 Å². The van der Waals surface area contributed by atoms with Gasteiger partial charge < -0.3 is 19.5 Å². The number of urea groups is 1. The molecule has 1 aliphatic heterocycles. The van der Waals surface area contributed by atoms with Crippen molar-refractivity contribution in [3.8, 4) is 5.75 Å². The zero-order chi connectivity index (χ0) is 19.5.